The smallest absolute Gasteiger partial charge is 0.325 e. The SMILES string of the molecule is Cl.Cl.Nc1nn(CC(=O)O)cc1Cl. The number of carboxylic acids is 1. The first-order valence-electron chi connectivity index (χ1n) is 2.80. The molecular weight excluding hydrogens is 240 g/mol. The molecular formula is C5H8Cl3N3O2. The molecule has 3 N–H and O–H groups in total. The van der Waals surface area contributed by atoms with Gasteiger partial charge in [-0.15, -0.1) is 24.8 Å². The summed E-state index contributed by atoms with van der Waals surface area (Å²) in [5, 5.41) is 12.2. The Bertz CT molecular complexity index is 269. The summed E-state index contributed by atoms with van der Waals surface area (Å²) in [5.41, 5.74) is 5.26. The summed E-state index contributed by atoms with van der Waals surface area (Å²) in [6, 6.07) is 0. The maximum Gasteiger partial charge on any atom is 0.325 e. The molecule has 0 saturated carbocycles. The highest BCUT2D eigenvalue weighted by Gasteiger charge is 2.04. The number of anilines is 1. The molecule has 76 valence electrons. The Morgan fingerprint density at radius 1 is 1.69 bits per heavy atom. The summed E-state index contributed by atoms with van der Waals surface area (Å²) in [7, 11) is 0. The third-order valence-corrected chi connectivity index (χ3v) is 1.33. The minimum absolute atomic E-state index is 0. The highest BCUT2D eigenvalue weighted by Crippen LogP contribution is 2.14. The zero-order chi connectivity index (χ0) is 8.43. The van der Waals surface area contributed by atoms with E-state index >= 15 is 0 Å². The van der Waals surface area contributed by atoms with Crippen LogP contribution in [0.5, 0.6) is 0 Å². The van der Waals surface area contributed by atoms with E-state index in [-0.39, 0.29) is 42.2 Å². The molecule has 0 saturated heterocycles. The van der Waals surface area contributed by atoms with Crippen LogP contribution in [0, 0.1) is 0 Å². The molecule has 0 aliphatic heterocycles. The number of rotatable bonds is 2. The topological polar surface area (TPSA) is 81.1 Å². The largest absolute Gasteiger partial charge is 0.480 e. The molecule has 13 heavy (non-hydrogen) atoms. The molecule has 1 heterocycles. The summed E-state index contributed by atoms with van der Waals surface area (Å²) < 4.78 is 1.17. The Morgan fingerprint density at radius 3 is 2.54 bits per heavy atom. The number of aromatic nitrogens is 2. The quantitative estimate of drug-likeness (QED) is 0.819. The zero-order valence-electron chi connectivity index (χ0n) is 6.31. The number of hydrogen-bond acceptors (Lipinski definition) is 3. The number of carbonyl (C=O) groups is 1. The van der Waals surface area contributed by atoms with Gasteiger partial charge in [-0.3, -0.25) is 9.48 Å². The fourth-order valence-corrected chi connectivity index (χ4v) is 0.782. The maximum atomic E-state index is 10.1. The van der Waals surface area contributed by atoms with Crippen molar-refractivity contribution < 1.29 is 9.90 Å². The predicted molar refractivity (Wildman–Crippen MR) is 53.8 cm³/mol. The minimum Gasteiger partial charge on any atom is -0.480 e. The van der Waals surface area contributed by atoms with Crippen LogP contribution in [-0.4, -0.2) is 20.9 Å². The molecule has 1 aromatic heterocycles. The summed E-state index contributed by atoms with van der Waals surface area (Å²) in [5.74, 6) is -0.836. The average Bonchev–Trinajstić information content (AvgIpc) is 2.10. The van der Waals surface area contributed by atoms with Crippen molar-refractivity contribution in [3.05, 3.63) is 11.2 Å². The molecule has 0 radical (unpaired) electrons. The first-order valence-corrected chi connectivity index (χ1v) is 3.17. The highest BCUT2D eigenvalue weighted by molar-refractivity contribution is 6.32. The molecule has 0 aliphatic rings. The van der Waals surface area contributed by atoms with Crippen LogP contribution in [0.3, 0.4) is 0 Å². The molecule has 0 fully saturated rings. The molecule has 0 spiro atoms. The monoisotopic (exact) mass is 247 g/mol. The van der Waals surface area contributed by atoms with Crippen molar-refractivity contribution in [1.82, 2.24) is 9.78 Å². The fraction of sp³-hybridized carbons (Fsp3) is 0.200. The zero-order valence-corrected chi connectivity index (χ0v) is 8.70. The van der Waals surface area contributed by atoms with E-state index in [1.807, 2.05) is 0 Å². The lowest BCUT2D eigenvalue weighted by Gasteiger charge is -1.91. The molecule has 0 unspecified atom stereocenters. The number of nitrogens with two attached hydrogens (primary N) is 1. The van der Waals surface area contributed by atoms with Crippen molar-refractivity contribution in [2.75, 3.05) is 5.73 Å². The van der Waals surface area contributed by atoms with Gasteiger partial charge in [0.1, 0.15) is 11.6 Å². The van der Waals surface area contributed by atoms with Crippen LogP contribution in [0.15, 0.2) is 6.20 Å². The van der Waals surface area contributed by atoms with Crippen LogP contribution in [0.25, 0.3) is 0 Å². The van der Waals surface area contributed by atoms with Gasteiger partial charge in [0.15, 0.2) is 5.82 Å². The van der Waals surface area contributed by atoms with Crippen LogP contribution in [-0.2, 0) is 11.3 Å². The van der Waals surface area contributed by atoms with Crippen molar-refractivity contribution in [1.29, 1.82) is 0 Å². The summed E-state index contributed by atoms with van der Waals surface area (Å²) in [6.07, 6.45) is 1.37. The van der Waals surface area contributed by atoms with Gasteiger partial charge in [0.05, 0.1) is 0 Å². The molecule has 8 heteroatoms. The third-order valence-electron chi connectivity index (χ3n) is 1.04. The van der Waals surface area contributed by atoms with E-state index in [0.717, 1.165) is 0 Å². The van der Waals surface area contributed by atoms with Gasteiger partial charge in [0.2, 0.25) is 0 Å². The molecule has 1 aromatic rings. The van der Waals surface area contributed by atoms with E-state index in [1.54, 1.807) is 0 Å². The standard InChI is InChI=1S/C5H6ClN3O2.2ClH/c6-3-1-9(2-4(10)11)8-5(3)7;;/h1H,2H2,(H2,7,8)(H,10,11);2*1H. The molecule has 1 rings (SSSR count). The van der Waals surface area contributed by atoms with Crippen molar-refractivity contribution in [3.63, 3.8) is 0 Å². The van der Waals surface area contributed by atoms with Gasteiger partial charge in [-0.05, 0) is 0 Å². The van der Waals surface area contributed by atoms with Crippen LogP contribution < -0.4 is 5.73 Å². The van der Waals surface area contributed by atoms with Crippen molar-refractivity contribution >= 4 is 48.2 Å². The van der Waals surface area contributed by atoms with Gasteiger partial charge in [0.25, 0.3) is 0 Å². The van der Waals surface area contributed by atoms with Crippen molar-refractivity contribution in [2.45, 2.75) is 6.54 Å². The van der Waals surface area contributed by atoms with Crippen LogP contribution in [0.2, 0.25) is 5.02 Å². The number of nitrogens with zero attached hydrogens (tertiary/aromatic N) is 2. The van der Waals surface area contributed by atoms with Gasteiger partial charge < -0.3 is 10.8 Å². The Balaban J connectivity index is 0. The third kappa shape index (κ3) is 4.21. The van der Waals surface area contributed by atoms with E-state index in [4.69, 9.17) is 22.4 Å². The summed E-state index contributed by atoms with van der Waals surface area (Å²) >= 11 is 5.51. The fourth-order valence-electron chi connectivity index (χ4n) is 0.632. The van der Waals surface area contributed by atoms with E-state index in [0.29, 0.717) is 0 Å². The minimum atomic E-state index is -0.982. The Morgan fingerprint density at radius 2 is 2.23 bits per heavy atom. The summed E-state index contributed by atoms with van der Waals surface area (Å²) in [6.45, 7) is -0.225. The lowest BCUT2D eigenvalue weighted by Crippen LogP contribution is -2.09. The molecule has 0 amide bonds. The van der Waals surface area contributed by atoms with Gasteiger partial charge in [-0.25, -0.2) is 0 Å². The number of carboxylic acid groups (broad SMARTS) is 1. The number of hydrogen-bond donors (Lipinski definition) is 2. The normalized spacial score (nSPS) is 8.38. The second-order valence-corrected chi connectivity index (χ2v) is 2.36. The van der Waals surface area contributed by atoms with E-state index in [9.17, 15) is 4.79 Å². The van der Waals surface area contributed by atoms with Crippen molar-refractivity contribution in [2.24, 2.45) is 0 Å². The van der Waals surface area contributed by atoms with Crippen LogP contribution in [0.1, 0.15) is 0 Å². The summed E-state index contributed by atoms with van der Waals surface area (Å²) in [4.78, 5) is 10.1. The Kier molecular flexibility index (Phi) is 6.75. The predicted octanol–water partition coefficient (Wildman–Crippen LogP) is 1.05. The van der Waals surface area contributed by atoms with E-state index < -0.39 is 5.97 Å². The van der Waals surface area contributed by atoms with Crippen LogP contribution in [0.4, 0.5) is 5.82 Å². The number of nitrogen functional groups attached to an aromatic ring is 1. The molecule has 0 aromatic carbocycles. The van der Waals surface area contributed by atoms with Gasteiger partial charge in [0, 0.05) is 6.20 Å². The Hall–Kier alpha value is -0.650. The van der Waals surface area contributed by atoms with Gasteiger partial charge in [-0.2, -0.15) is 5.10 Å². The van der Waals surface area contributed by atoms with Gasteiger partial charge >= 0.3 is 5.97 Å². The first-order chi connectivity index (χ1) is 5.09. The van der Waals surface area contributed by atoms with Crippen LogP contribution >= 0.6 is 36.4 Å². The second kappa shape index (κ2) is 5.90. The molecule has 0 bridgehead atoms. The van der Waals surface area contributed by atoms with E-state index in [2.05, 4.69) is 5.10 Å². The maximum absolute atomic E-state index is 10.1. The lowest BCUT2D eigenvalue weighted by molar-refractivity contribution is -0.137. The van der Waals surface area contributed by atoms with Crippen molar-refractivity contribution in [3.8, 4) is 0 Å². The molecule has 0 aliphatic carbocycles. The van der Waals surface area contributed by atoms with Gasteiger partial charge in [-0.1, -0.05) is 11.6 Å². The molecule has 5 nitrogen and oxygen atoms in total. The van der Waals surface area contributed by atoms with E-state index in [1.165, 1.54) is 10.9 Å². The highest BCUT2D eigenvalue weighted by atomic mass is 35.5. The average molecular weight is 248 g/mol. The number of halogens is 3. The molecule has 0 atom stereocenters. The second-order valence-electron chi connectivity index (χ2n) is 1.95. The first kappa shape index (κ1) is 14.9. The Labute approximate surface area is 91.7 Å². The number of aliphatic carboxylic acids is 1. The lowest BCUT2D eigenvalue weighted by atomic mass is 10.6.